The van der Waals surface area contributed by atoms with Crippen LogP contribution in [0.15, 0.2) is 30.5 Å². The summed E-state index contributed by atoms with van der Waals surface area (Å²) in [5.74, 6) is -1.01. The molecule has 1 aromatic heterocycles. The Hall–Kier alpha value is -1.84. The fraction of sp³-hybridized carbons (Fsp3) is 0.273. The normalized spacial score (nSPS) is 10.5. The van der Waals surface area contributed by atoms with Crippen LogP contribution in [0.1, 0.15) is 23.8 Å². The van der Waals surface area contributed by atoms with E-state index < -0.39 is 5.97 Å². The van der Waals surface area contributed by atoms with Crippen molar-refractivity contribution in [2.45, 2.75) is 13.3 Å². The van der Waals surface area contributed by atoms with Gasteiger partial charge in [0.2, 0.25) is 0 Å². The Bertz CT molecular complexity index is 361. The topological polar surface area (TPSA) is 62.2 Å². The lowest BCUT2D eigenvalue weighted by Crippen LogP contribution is -2.04. The number of carboxylic acid groups (broad SMARTS) is 1. The fourth-order valence-electron chi connectivity index (χ4n) is 1.12. The van der Waals surface area contributed by atoms with Crippen molar-refractivity contribution in [3.05, 3.63) is 36.2 Å². The fourth-order valence-corrected chi connectivity index (χ4v) is 1.12. The molecule has 0 spiro atoms. The second-order valence-electron chi connectivity index (χ2n) is 3.02. The van der Waals surface area contributed by atoms with Gasteiger partial charge in [-0.3, -0.25) is 0 Å². The molecule has 0 bridgehead atoms. The molecule has 1 rings (SSSR count). The molecule has 0 saturated carbocycles. The zero-order chi connectivity index (χ0) is 11.1. The highest BCUT2D eigenvalue weighted by atomic mass is 16.4. The van der Waals surface area contributed by atoms with E-state index in [4.69, 9.17) is 5.11 Å². The Morgan fingerprint density at radius 1 is 1.67 bits per heavy atom. The third-order valence-electron chi connectivity index (χ3n) is 1.85. The maximum atomic E-state index is 10.6. The number of rotatable bonds is 5. The zero-order valence-electron chi connectivity index (χ0n) is 8.60. The summed E-state index contributed by atoms with van der Waals surface area (Å²) >= 11 is 0. The highest BCUT2D eigenvalue weighted by Crippen LogP contribution is 2.07. The van der Waals surface area contributed by atoms with Crippen molar-refractivity contribution >= 4 is 11.7 Å². The van der Waals surface area contributed by atoms with Crippen LogP contribution in [0, 0.1) is 0 Å². The van der Waals surface area contributed by atoms with Gasteiger partial charge in [0.15, 0.2) is 0 Å². The number of nitrogens with zero attached hydrogens (tertiary/aromatic N) is 1. The summed E-state index contributed by atoms with van der Waals surface area (Å²) in [6, 6.07) is 3.28. The third-order valence-corrected chi connectivity index (χ3v) is 1.85. The minimum Gasteiger partial charge on any atom is -0.477 e. The Morgan fingerprint density at radius 2 is 2.47 bits per heavy atom. The number of hydrogen-bond donors (Lipinski definition) is 2. The first kappa shape index (κ1) is 11.2. The lowest BCUT2D eigenvalue weighted by molar-refractivity contribution is 0.0690. The molecular formula is C11H14N2O2. The standard InChI is InChI=1S/C11H14N2O2/c1-2-3-4-6-12-9-5-7-13-10(8-9)11(14)15/h2-3,5,7-8H,4,6H2,1H3,(H,12,13)(H,14,15)/b3-2+. The summed E-state index contributed by atoms with van der Waals surface area (Å²) in [6.45, 7) is 2.75. The molecule has 0 aliphatic heterocycles. The van der Waals surface area contributed by atoms with Crippen molar-refractivity contribution in [3.8, 4) is 0 Å². The lowest BCUT2D eigenvalue weighted by atomic mass is 10.3. The Morgan fingerprint density at radius 3 is 3.13 bits per heavy atom. The van der Waals surface area contributed by atoms with E-state index in [1.165, 1.54) is 12.3 Å². The molecular weight excluding hydrogens is 192 g/mol. The number of carbonyl (C=O) groups is 1. The molecule has 0 atom stereocenters. The molecule has 1 heterocycles. The monoisotopic (exact) mass is 206 g/mol. The van der Waals surface area contributed by atoms with Crippen molar-refractivity contribution in [2.75, 3.05) is 11.9 Å². The molecule has 0 aliphatic carbocycles. The summed E-state index contributed by atoms with van der Waals surface area (Å²) in [5, 5.41) is 11.8. The van der Waals surface area contributed by atoms with Crippen molar-refractivity contribution in [1.29, 1.82) is 0 Å². The van der Waals surface area contributed by atoms with E-state index in [9.17, 15) is 4.79 Å². The van der Waals surface area contributed by atoms with Crippen molar-refractivity contribution < 1.29 is 9.90 Å². The summed E-state index contributed by atoms with van der Waals surface area (Å²) in [6.07, 6.45) is 6.44. The number of aromatic carboxylic acids is 1. The second-order valence-corrected chi connectivity index (χ2v) is 3.02. The van der Waals surface area contributed by atoms with Gasteiger partial charge in [-0.15, -0.1) is 0 Å². The number of hydrogen-bond acceptors (Lipinski definition) is 3. The Labute approximate surface area is 88.7 Å². The summed E-state index contributed by atoms with van der Waals surface area (Å²) in [5.41, 5.74) is 0.845. The van der Waals surface area contributed by atoms with E-state index in [0.717, 1.165) is 18.7 Å². The minimum atomic E-state index is -1.01. The summed E-state index contributed by atoms with van der Waals surface area (Å²) < 4.78 is 0. The van der Waals surface area contributed by atoms with E-state index >= 15 is 0 Å². The molecule has 0 unspecified atom stereocenters. The van der Waals surface area contributed by atoms with Crippen molar-refractivity contribution in [1.82, 2.24) is 4.98 Å². The number of nitrogens with one attached hydrogen (secondary N) is 1. The van der Waals surface area contributed by atoms with Gasteiger partial charge in [-0.05, 0) is 25.5 Å². The minimum absolute atomic E-state index is 0.0611. The quantitative estimate of drug-likeness (QED) is 0.572. The van der Waals surface area contributed by atoms with Gasteiger partial charge in [0.1, 0.15) is 5.69 Å². The highest BCUT2D eigenvalue weighted by molar-refractivity contribution is 5.86. The van der Waals surface area contributed by atoms with Gasteiger partial charge in [0.25, 0.3) is 0 Å². The second kappa shape index (κ2) is 5.80. The van der Waals surface area contributed by atoms with Gasteiger partial charge in [-0.2, -0.15) is 0 Å². The van der Waals surface area contributed by atoms with Crippen LogP contribution >= 0.6 is 0 Å². The van der Waals surface area contributed by atoms with Crippen LogP contribution in [0.3, 0.4) is 0 Å². The number of anilines is 1. The maximum absolute atomic E-state index is 10.6. The maximum Gasteiger partial charge on any atom is 0.354 e. The molecule has 0 saturated heterocycles. The zero-order valence-corrected chi connectivity index (χ0v) is 8.60. The van der Waals surface area contributed by atoms with E-state index in [1.807, 2.05) is 19.1 Å². The molecule has 4 nitrogen and oxygen atoms in total. The predicted octanol–water partition coefficient (Wildman–Crippen LogP) is 2.16. The van der Waals surface area contributed by atoms with Crippen LogP contribution < -0.4 is 5.32 Å². The molecule has 80 valence electrons. The molecule has 0 aromatic carbocycles. The molecule has 0 aliphatic rings. The third kappa shape index (κ3) is 3.81. The summed E-state index contributed by atoms with van der Waals surface area (Å²) in [7, 11) is 0. The van der Waals surface area contributed by atoms with E-state index in [1.54, 1.807) is 6.07 Å². The van der Waals surface area contributed by atoms with E-state index in [-0.39, 0.29) is 5.69 Å². The van der Waals surface area contributed by atoms with Crippen molar-refractivity contribution in [3.63, 3.8) is 0 Å². The first-order chi connectivity index (χ1) is 7.24. The van der Waals surface area contributed by atoms with Gasteiger partial charge >= 0.3 is 5.97 Å². The average Bonchev–Trinajstić information content (AvgIpc) is 2.25. The molecule has 1 aromatic rings. The Kier molecular flexibility index (Phi) is 4.34. The van der Waals surface area contributed by atoms with Crippen LogP contribution in [-0.2, 0) is 0 Å². The van der Waals surface area contributed by atoms with Crippen molar-refractivity contribution in [2.24, 2.45) is 0 Å². The smallest absolute Gasteiger partial charge is 0.354 e. The van der Waals surface area contributed by atoms with Crippen LogP contribution in [0.2, 0.25) is 0 Å². The SMILES string of the molecule is C/C=C/CCNc1ccnc(C(=O)O)c1. The molecule has 4 heteroatoms. The number of aromatic nitrogens is 1. The lowest BCUT2D eigenvalue weighted by Gasteiger charge is -2.04. The highest BCUT2D eigenvalue weighted by Gasteiger charge is 2.03. The van der Waals surface area contributed by atoms with Crippen LogP contribution in [-0.4, -0.2) is 22.6 Å². The Balaban J connectivity index is 2.54. The van der Waals surface area contributed by atoms with Gasteiger partial charge in [-0.1, -0.05) is 12.2 Å². The van der Waals surface area contributed by atoms with E-state index in [0.29, 0.717) is 0 Å². The number of pyridine rings is 1. The largest absolute Gasteiger partial charge is 0.477 e. The molecule has 0 fully saturated rings. The van der Waals surface area contributed by atoms with Gasteiger partial charge in [-0.25, -0.2) is 9.78 Å². The first-order valence-electron chi connectivity index (χ1n) is 4.78. The van der Waals surface area contributed by atoms with Crippen LogP contribution in [0.5, 0.6) is 0 Å². The average molecular weight is 206 g/mol. The first-order valence-corrected chi connectivity index (χ1v) is 4.78. The number of carboxylic acids is 1. The molecule has 2 N–H and O–H groups in total. The van der Waals surface area contributed by atoms with Gasteiger partial charge in [0, 0.05) is 18.4 Å². The van der Waals surface area contributed by atoms with Crippen LogP contribution in [0.4, 0.5) is 5.69 Å². The molecule has 15 heavy (non-hydrogen) atoms. The molecule has 0 radical (unpaired) electrons. The van der Waals surface area contributed by atoms with Gasteiger partial charge < -0.3 is 10.4 Å². The molecule has 0 amide bonds. The van der Waals surface area contributed by atoms with E-state index in [2.05, 4.69) is 10.3 Å². The predicted molar refractivity (Wildman–Crippen MR) is 59.1 cm³/mol. The van der Waals surface area contributed by atoms with Crippen LogP contribution in [0.25, 0.3) is 0 Å². The number of allylic oxidation sites excluding steroid dienone is 1. The van der Waals surface area contributed by atoms with Gasteiger partial charge in [0.05, 0.1) is 0 Å². The summed E-state index contributed by atoms with van der Waals surface area (Å²) in [4.78, 5) is 14.4.